The molecule has 0 bridgehead atoms. The second kappa shape index (κ2) is 12.9. The van der Waals surface area contributed by atoms with Gasteiger partial charge in [0.05, 0.1) is 31.9 Å². The van der Waals surface area contributed by atoms with Crippen LogP contribution in [-0.4, -0.2) is 47.0 Å². The Balaban J connectivity index is 1.90. The van der Waals surface area contributed by atoms with Gasteiger partial charge in [0.25, 0.3) is 15.9 Å². The highest BCUT2D eigenvalue weighted by Crippen LogP contribution is 2.35. The van der Waals surface area contributed by atoms with E-state index in [0.29, 0.717) is 19.6 Å². The van der Waals surface area contributed by atoms with Crippen molar-refractivity contribution in [1.29, 1.82) is 0 Å². The minimum absolute atomic E-state index is 0.0107. The Kier molecular flexibility index (Phi) is 9.93. The minimum Gasteiger partial charge on any atom is -0.385 e. The molecule has 2 amide bonds. The fraction of sp³-hybridized carbons (Fsp3) is 0.231. The average Bonchev–Trinajstić information content (AvgIpc) is 2.87. The third-order valence-corrected chi connectivity index (χ3v) is 7.94. The lowest BCUT2D eigenvalue weighted by Gasteiger charge is -2.25. The Morgan fingerprint density at radius 3 is 2.38 bits per heavy atom. The Bertz CT molecular complexity index is 1360. The van der Waals surface area contributed by atoms with E-state index in [1.165, 1.54) is 24.3 Å². The smallest absolute Gasteiger partial charge is 0.264 e. The van der Waals surface area contributed by atoms with Gasteiger partial charge < -0.3 is 15.4 Å². The fourth-order valence-corrected chi connectivity index (χ4v) is 5.33. The van der Waals surface area contributed by atoms with Crippen molar-refractivity contribution in [3.8, 4) is 0 Å². The van der Waals surface area contributed by atoms with Crippen LogP contribution in [0.1, 0.15) is 22.3 Å². The van der Waals surface area contributed by atoms with Crippen LogP contribution >= 0.6 is 23.2 Å². The maximum absolute atomic E-state index is 13.6. The number of benzene rings is 3. The zero-order valence-electron chi connectivity index (χ0n) is 20.3. The molecule has 0 aromatic heterocycles. The molecule has 0 atom stereocenters. The average molecular weight is 564 g/mol. The third kappa shape index (κ3) is 7.23. The molecule has 0 radical (unpaired) electrons. The lowest BCUT2D eigenvalue weighted by Crippen LogP contribution is -2.38. The SMILES string of the molecule is COCCCNC(=O)c1ccccc1NC(=O)CN(c1cccc(Cl)c1Cl)S(=O)(=O)c1ccc(C)cc1. The van der Waals surface area contributed by atoms with Crippen LogP contribution in [-0.2, 0) is 19.6 Å². The van der Waals surface area contributed by atoms with Gasteiger partial charge in [-0.15, -0.1) is 0 Å². The molecule has 196 valence electrons. The van der Waals surface area contributed by atoms with Crippen LogP contribution in [0.25, 0.3) is 0 Å². The summed E-state index contributed by atoms with van der Waals surface area (Å²) < 4.78 is 33.1. The Labute approximate surface area is 226 Å². The van der Waals surface area contributed by atoms with Gasteiger partial charge in [-0.2, -0.15) is 0 Å². The summed E-state index contributed by atoms with van der Waals surface area (Å²) in [5, 5.41) is 5.55. The van der Waals surface area contributed by atoms with Gasteiger partial charge in [0.1, 0.15) is 6.54 Å². The number of para-hydroxylation sites is 1. The number of anilines is 2. The predicted octanol–water partition coefficient (Wildman–Crippen LogP) is 4.90. The molecular formula is C26H27Cl2N3O5S. The highest BCUT2D eigenvalue weighted by Gasteiger charge is 2.29. The number of rotatable bonds is 11. The van der Waals surface area contributed by atoms with Crippen molar-refractivity contribution in [3.63, 3.8) is 0 Å². The minimum atomic E-state index is -4.20. The van der Waals surface area contributed by atoms with Crippen LogP contribution in [0.15, 0.2) is 71.6 Å². The molecule has 0 saturated heterocycles. The molecule has 3 aromatic rings. The second-order valence-corrected chi connectivity index (χ2v) is 10.7. The summed E-state index contributed by atoms with van der Waals surface area (Å²) in [4.78, 5) is 25.8. The van der Waals surface area contributed by atoms with Crippen molar-refractivity contribution in [2.24, 2.45) is 0 Å². The number of methoxy groups -OCH3 is 1. The first-order chi connectivity index (χ1) is 17.6. The van der Waals surface area contributed by atoms with Crippen molar-refractivity contribution >= 4 is 56.4 Å². The molecule has 0 heterocycles. The van der Waals surface area contributed by atoms with E-state index in [4.69, 9.17) is 27.9 Å². The number of aryl methyl sites for hydroxylation is 1. The number of nitrogens with zero attached hydrogens (tertiary/aromatic N) is 1. The molecule has 3 aromatic carbocycles. The van der Waals surface area contributed by atoms with Gasteiger partial charge in [-0.3, -0.25) is 13.9 Å². The van der Waals surface area contributed by atoms with Gasteiger partial charge in [0.15, 0.2) is 0 Å². The van der Waals surface area contributed by atoms with Crippen LogP contribution in [0, 0.1) is 6.92 Å². The van der Waals surface area contributed by atoms with Gasteiger partial charge in [-0.25, -0.2) is 8.42 Å². The lowest BCUT2D eigenvalue weighted by atomic mass is 10.1. The molecule has 8 nitrogen and oxygen atoms in total. The second-order valence-electron chi connectivity index (χ2n) is 8.09. The largest absolute Gasteiger partial charge is 0.385 e. The van der Waals surface area contributed by atoms with Crippen molar-refractivity contribution < 1.29 is 22.7 Å². The van der Waals surface area contributed by atoms with Crippen molar-refractivity contribution in [1.82, 2.24) is 5.32 Å². The summed E-state index contributed by atoms with van der Waals surface area (Å²) in [5.41, 5.74) is 1.40. The number of sulfonamides is 1. The van der Waals surface area contributed by atoms with Gasteiger partial charge in [0.2, 0.25) is 5.91 Å². The normalized spacial score (nSPS) is 11.1. The Morgan fingerprint density at radius 1 is 0.973 bits per heavy atom. The van der Waals surface area contributed by atoms with E-state index in [2.05, 4.69) is 10.6 Å². The number of ether oxygens (including phenoxy) is 1. The van der Waals surface area contributed by atoms with Crippen molar-refractivity contribution in [2.75, 3.05) is 36.4 Å². The van der Waals surface area contributed by atoms with E-state index in [1.54, 1.807) is 49.6 Å². The number of nitrogens with one attached hydrogen (secondary N) is 2. The summed E-state index contributed by atoms with van der Waals surface area (Å²) in [6, 6.07) is 17.2. The zero-order valence-corrected chi connectivity index (χ0v) is 22.7. The van der Waals surface area contributed by atoms with E-state index < -0.39 is 22.5 Å². The molecule has 0 spiro atoms. The molecule has 0 aliphatic rings. The summed E-state index contributed by atoms with van der Waals surface area (Å²) in [6.45, 7) is 2.11. The summed E-state index contributed by atoms with van der Waals surface area (Å²) in [6.07, 6.45) is 0.628. The molecule has 11 heteroatoms. The third-order valence-electron chi connectivity index (χ3n) is 5.35. The molecule has 37 heavy (non-hydrogen) atoms. The highest BCUT2D eigenvalue weighted by molar-refractivity contribution is 7.92. The van der Waals surface area contributed by atoms with Crippen LogP contribution in [0.3, 0.4) is 0 Å². The van der Waals surface area contributed by atoms with E-state index >= 15 is 0 Å². The van der Waals surface area contributed by atoms with Gasteiger partial charge in [0, 0.05) is 20.3 Å². The predicted molar refractivity (Wildman–Crippen MR) is 146 cm³/mol. The number of amides is 2. The van der Waals surface area contributed by atoms with E-state index in [-0.39, 0.29) is 37.8 Å². The molecule has 0 unspecified atom stereocenters. The molecule has 2 N–H and O–H groups in total. The van der Waals surface area contributed by atoms with Crippen LogP contribution in [0.5, 0.6) is 0 Å². The van der Waals surface area contributed by atoms with E-state index in [9.17, 15) is 18.0 Å². The number of carbonyl (C=O) groups excluding carboxylic acids is 2. The fourth-order valence-electron chi connectivity index (χ4n) is 3.45. The van der Waals surface area contributed by atoms with Crippen LogP contribution in [0.2, 0.25) is 10.0 Å². The highest BCUT2D eigenvalue weighted by atomic mass is 35.5. The molecule has 3 rings (SSSR count). The quantitative estimate of drug-likeness (QED) is 0.323. The molecule has 0 aliphatic carbocycles. The molecule has 0 fully saturated rings. The lowest BCUT2D eigenvalue weighted by molar-refractivity contribution is -0.114. The first-order valence-corrected chi connectivity index (χ1v) is 13.5. The number of hydrogen-bond donors (Lipinski definition) is 2. The summed E-state index contributed by atoms with van der Waals surface area (Å²) in [7, 11) is -2.63. The monoisotopic (exact) mass is 563 g/mol. The summed E-state index contributed by atoms with van der Waals surface area (Å²) >= 11 is 12.5. The standard InChI is InChI=1S/C26H27Cl2N3O5S/c1-18-11-13-19(14-12-18)37(34,35)31(23-10-5-8-21(27)25(23)28)17-24(32)30-22-9-4-3-7-20(22)26(33)29-15-6-16-36-2/h3-5,7-14H,6,15-17H2,1-2H3,(H,29,33)(H,30,32). The van der Waals surface area contributed by atoms with E-state index in [1.807, 2.05) is 6.92 Å². The van der Waals surface area contributed by atoms with Gasteiger partial charge >= 0.3 is 0 Å². The summed E-state index contributed by atoms with van der Waals surface area (Å²) in [5.74, 6) is -1.06. The first kappa shape index (κ1) is 28.5. The van der Waals surface area contributed by atoms with Crippen molar-refractivity contribution in [2.45, 2.75) is 18.2 Å². The van der Waals surface area contributed by atoms with Crippen LogP contribution in [0.4, 0.5) is 11.4 Å². The van der Waals surface area contributed by atoms with Gasteiger partial charge in [-0.05, 0) is 49.7 Å². The number of hydrogen-bond acceptors (Lipinski definition) is 5. The number of halogens is 2. The van der Waals surface area contributed by atoms with E-state index in [0.717, 1.165) is 9.87 Å². The number of carbonyl (C=O) groups is 2. The zero-order chi connectivity index (χ0) is 27.0. The maximum Gasteiger partial charge on any atom is 0.264 e. The van der Waals surface area contributed by atoms with Gasteiger partial charge in [-0.1, -0.05) is 59.1 Å². The maximum atomic E-state index is 13.6. The Morgan fingerprint density at radius 2 is 1.68 bits per heavy atom. The molecule has 0 saturated carbocycles. The first-order valence-electron chi connectivity index (χ1n) is 11.3. The topological polar surface area (TPSA) is 105 Å². The van der Waals surface area contributed by atoms with Crippen molar-refractivity contribution in [3.05, 3.63) is 87.9 Å². The Hall–Kier alpha value is -3.11. The molecular weight excluding hydrogens is 537 g/mol. The van der Waals surface area contributed by atoms with Crippen LogP contribution < -0.4 is 14.9 Å². The molecule has 0 aliphatic heterocycles.